The average molecular weight is 160 g/mol. The molecule has 0 heterocycles. The van der Waals surface area contributed by atoms with E-state index in [1.54, 1.807) is 0 Å². The Morgan fingerprint density at radius 3 is 2.75 bits per heavy atom. The topological polar surface area (TPSA) is 49.8 Å². The maximum absolute atomic E-state index is 8.33. The van der Waals surface area contributed by atoms with Crippen LogP contribution in [0, 0.1) is 11.3 Å². The van der Waals surface area contributed by atoms with Crippen LogP contribution in [0.4, 0.5) is 5.69 Å². The monoisotopic (exact) mass is 160 g/mol. The van der Waals surface area contributed by atoms with Crippen LogP contribution in [0.1, 0.15) is 18.4 Å². The Labute approximate surface area is 72.6 Å². The minimum absolute atomic E-state index is 0.605. The predicted molar refractivity (Wildman–Crippen MR) is 49.4 cm³/mol. The summed E-state index contributed by atoms with van der Waals surface area (Å²) in [6, 6.07) is 9.90. The number of unbranched alkanes of at least 4 members (excludes halogenated alkanes) is 1. The van der Waals surface area contributed by atoms with Crippen LogP contribution >= 0.6 is 0 Å². The fourth-order valence-corrected chi connectivity index (χ4v) is 1.12. The molecular weight excluding hydrogens is 148 g/mol. The van der Waals surface area contributed by atoms with Crippen LogP contribution < -0.4 is 5.73 Å². The van der Waals surface area contributed by atoms with E-state index in [1.807, 2.05) is 24.3 Å². The second-order valence-electron chi connectivity index (χ2n) is 2.71. The molecule has 2 nitrogen and oxygen atoms in total. The second kappa shape index (κ2) is 4.40. The summed E-state index contributed by atoms with van der Waals surface area (Å²) >= 11 is 0. The molecule has 0 aliphatic heterocycles. The minimum Gasteiger partial charge on any atom is -0.399 e. The van der Waals surface area contributed by atoms with Gasteiger partial charge in [-0.15, -0.1) is 0 Å². The van der Waals surface area contributed by atoms with E-state index >= 15 is 0 Å². The molecule has 0 bridgehead atoms. The van der Waals surface area contributed by atoms with Crippen LogP contribution in [0.3, 0.4) is 0 Å². The molecular formula is C10H12N2. The van der Waals surface area contributed by atoms with Gasteiger partial charge >= 0.3 is 0 Å². The number of rotatable bonds is 3. The average Bonchev–Trinajstić information content (AvgIpc) is 2.09. The molecule has 1 aromatic rings. The van der Waals surface area contributed by atoms with E-state index < -0.39 is 0 Å². The number of para-hydroxylation sites is 1. The van der Waals surface area contributed by atoms with Crippen molar-refractivity contribution in [1.29, 1.82) is 5.26 Å². The van der Waals surface area contributed by atoms with E-state index in [0.29, 0.717) is 6.42 Å². The van der Waals surface area contributed by atoms with Gasteiger partial charge < -0.3 is 5.73 Å². The lowest BCUT2D eigenvalue weighted by Gasteiger charge is -2.02. The van der Waals surface area contributed by atoms with Crippen LogP contribution in [-0.2, 0) is 6.42 Å². The number of nitrogen functional groups attached to an aromatic ring is 1. The molecule has 0 aliphatic rings. The van der Waals surface area contributed by atoms with Gasteiger partial charge in [-0.3, -0.25) is 0 Å². The van der Waals surface area contributed by atoms with Gasteiger partial charge in [0, 0.05) is 12.1 Å². The quantitative estimate of drug-likeness (QED) is 0.544. The van der Waals surface area contributed by atoms with E-state index in [2.05, 4.69) is 6.07 Å². The van der Waals surface area contributed by atoms with Crippen LogP contribution in [0.15, 0.2) is 24.3 Å². The molecule has 2 heteroatoms. The van der Waals surface area contributed by atoms with Crippen molar-refractivity contribution in [2.75, 3.05) is 5.73 Å². The Kier molecular flexibility index (Phi) is 3.16. The maximum Gasteiger partial charge on any atom is 0.0621 e. The Balaban J connectivity index is 2.53. The molecule has 0 radical (unpaired) electrons. The predicted octanol–water partition coefficient (Wildman–Crippen LogP) is 2.12. The molecule has 0 aliphatic carbocycles. The summed E-state index contributed by atoms with van der Waals surface area (Å²) in [5.41, 5.74) is 7.70. The van der Waals surface area contributed by atoms with Gasteiger partial charge in [-0.2, -0.15) is 5.26 Å². The third-order valence-electron chi connectivity index (χ3n) is 1.79. The highest BCUT2D eigenvalue weighted by Crippen LogP contribution is 2.12. The molecule has 1 aromatic carbocycles. The van der Waals surface area contributed by atoms with Gasteiger partial charge in [-0.25, -0.2) is 0 Å². The van der Waals surface area contributed by atoms with Crippen molar-refractivity contribution in [3.05, 3.63) is 29.8 Å². The second-order valence-corrected chi connectivity index (χ2v) is 2.71. The summed E-state index contributed by atoms with van der Waals surface area (Å²) in [4.78, 5) is 0. The smallest absolute Gasteiger partial charge is 0.0621 e. The number of aryl methyl sites for hydroxylation is 1. The van der Waals surface area contributed by atoms with E-state index in [0.717, 1.165) is 24.1 Å². The fraction of sp³-hybridized carbons (Fsp3) is 0.300. The number of hydrogen-bond acceptors (Lipinski definition) is 2. The van der Waals surface area contributed by atoms with Crippen molar-refractivity contribution in [2.45, 2.75) is 19.3 Å². The van der Waals surface area contributed by atoms with Gasteiger partial charge in [0.2, 0.25) is 0 Å². The molecule has 0 fully saturated rings. The highest BCUT2D eigenvalue weighted by molar-refractivity contribution is 5.46. The van der Waals surface area contributed by atoms with Crippen molar-refractivity contribution in [3.63, 3.8) is 0 Å². The lowest BCUT2D eigenvalue weighted by atomic mass is 10.1. The van der Waals surface area contributed by atoms with Crippen molar-refractivity contribution < 1.29 is 0 Å². The number of nitriles is 1. The van der Waals surface area contributed by atoms with Gasteiger partial charge in [0.15, 0.2) is 0 Å². The zero-order valence-corrected chi connectivity index (χ0v) is 6.96. The first-order chi connectivity index (χ1) is 5.84. The molecule has 0 spiro atoms. The lowest BCUT2D eigenvalue weighted by molar-refractivity contribution is 0.852. The number of nitrogens with two attached hydrogens (primary N) is 1. The minimum atomic E-state index is 0.605. The van der Waals surface area contributed by atoms with Crippen molar-refractivity contribution >= 4 is 5.69 Å². The summed E-state index contributed by atoms with van der Waals surface area (Å²) in [6.45, 7) is 0. The Morgan fingerprint density at radius 2 is 2.08 bits per heavy atom. The number of benzene rings is 1. The maximum atomic E-state index is 8.33. The van der Waals surface area contributed by atoms with Crippen LogP contribution in [0.2, 0.25) is 0 Å². The molecule has 12 heavy (non-hydrogen) atoms. The highest BCUT2D eigenvalue weighted by Gasteiger charge is 1.95. The highest BCUT2D eigenvalue weighted by atomic mass is 14.6. The molecule has 2 N–H and O–H groups in total. The van der Waals surface area contributed by atoms with Gasteiger partial charge in [-0.1, -0.05) is 18.2 Å². The number of nitrogens with zero attached hydrogens (tertiary/aromatic N) is 1. The number of hydrogen-bond donors (Lipinski definition) is 1. The van der Waals surface area contributed by atoms with Crippen LogP contribution in [0.25, 0.3) is 0 Å². The fourth-order valence-electron chi connectivity index (χ4n) is 1.12. The first kappa shape index (κ1) is 8.61. The standard InChI is InChI=1S/C10H12N2/c11-8-4-3-6-9-5-1-2-7-10(9)12/h1-2,5,7H,3-4,6,12H2. The van der Waals surface area contributed by atoms with Gasteiger partial charge in [0.1, 0.15) is 0 Å². The zero-order chi connectivity index (χ0) is 8.81. The first-order valence-electron chi connectivity index (χ1n) is 4.05. The van der Waals surface area contributed by atoms with E-state index in [1.165, 1.54) is 0 Å². The van der Waals surface area contributed by atoms with Crippen molar-refractivity contribution in [2.24, 2.45) is 0 Å². The third kappa shape index (κ3) is 2.28. The summed E-state index contributed by atoms with van der Waals surface area (Å²) in [6.07, 6.45) is 2.40. The summed E-state index contributed by atoms with van der Waals surface area (Å²) < 4.78 is 0. The largest absolute Gasteiger partial charge is 0.399 e. The molecule has 0 atom stereocenters. The van der Waals surface area contributed by atoms with Gasteiger partial charge in [-0.05, 0) is 24.5 Å². The molecule has 1 rings (SSSR count). The molecule has 0 saturated heterocycles. The molecule has 0 unspecified atom stereocenters. The first-order valence-corrected chi connectivity index (χ1v) is 4.05. The van der Waals surface area contributed by atoms with E-state index in [4.69, 9.17) is 11.0 Å². The van der Waals surface area contributed by atoms with E-state index in [-0.39, 0.29) is 0 Å². The number of anilines is 1. The molecule has 0 saturated carbocycles. The Bertz CT molecular complexity index is 286. The Hall–Kier alpha value is -1.49. The SMILES string of the molecule is N#CCCCc1ccccc1N. The van der Waals surface area contributed by atoms with Crippen molar-refractivity contribution in [3.8, 4) is 6.07 Å². The normalized spacial score (nSPS) is 9.25. The summed E-state index contributed by atoms with van der Waals surface area (Å²) in [5.74, 6) is 0. The zero-order valence-electron chi connectivity index (χ0n) is 6.96. The third-order valence-corrected chi connectivity index (χ3v) is 1.79. The summed E-state index contributed by atoms with van der Waals surface area (Å²) in [7, 11) is 0. The Morgan fingerprint density at radius 1 is 1.33 bits per heavy atom. The van der Waals surface area contributed by atoms with Crippen LogP contribution in [0.5, 0.6) is 0 Å². The van der Waals surface area contributed by atoms with E-state index in [9.17, 15) is 0 Å². The van der Waals surface area contributed by atoms with Gasteiger partial charge in [0.05, 0.1) is 6.07 Å². The summed E-state index contributed by atoms with van der Waals surface area (Å²) in [5, 5.41) is 8.33. The lowest BCUT2D eigenvalue weighted by Crippen LogP contribution is -1.93. The van der Waals surface area contributed by atoms with Gasteiger partial charge in [0.25, 0.3) is 0 Å². The van der Waals surface area contributed by atoms with Crippen molar-refractivity contribution in [1.82, 2.24) is 0 Å². The molecule has 0 amide bonds. The molecule has 62 valence electrons. The molecule has 0 aromatic heterocycles. The van der Waals surface area contributed by atoms with Crippen LogP contribution in [-0.4, -0.2) is 0 Å².